The second-order valence-corrected chi connectivity index (χ2v) is 14.1. The number of hydrogen-bond donors (Lipinski definition) is 0. The minimum absolute atomic E-state index is 0.710. The molecule has 0 saturated heterocycles. The smallest absolute Gasteiger partial charge is 0.160 e. The molecule has 0 aliphatic carbocycles. The molecular formula is C48H31N3S. The first-order valence-electron chi connectivity index (χ1n) is 17.5. The van der Waals surface area contributed by atoms with Crippen LogP contribution in [0.5, 0.6) is 0 Å². The Bertz CT molecular complexity index is 2850. The average molecular weight is 682 g/mol. The molecule has 0 N–H and O–H groups in total. The predicted octanol–water partition coefficient (Wildman–Crippen LogP) is 13.1. The van der Waals surface area contributed by atoms with Gasteiger partial charge in [0.15, 0.2) is 5.82 Å². The normalized spacial score (nSPS) is 11.5. The zero-order valence-corrected chi connectivity index (χ0v) is 29.0. The van der Waals surface area contributed by atoms with E-state index < -0.39 is 0 Å². The molecule has 3 aromatic heterocycles. The molecule has 7 aromatic carbocycles. The minimum atomic E-state index is 0.710. The molecule has 0 atom stereocenters. The van der Waals surface area contributed by atoms with Crippen molar-refractivity contribution in [3.63, 3.8) is 0 Å². The molecule has 3 heterocycles. The van der Waals surface area contributed by atoms with Crippen molar-refractivity contribution in [2.24, 2.45) is 0 Å². The van der Waals surface area contributed by atoms with Crippen LogP contribution < -0.4 is 0 Å². The SMILES string of the molecule is c1ccc(-c2ccc(-c3cc(-c4ccc(-n5c6ccccc6c6c7sc(-c8ccccc8)cc7ccc65)cc4)nc(-c4ccccc4)n3)cc2)cc1. The fourth-order valence-corrected chi connectivity index (χ4v) is 8.50. The van der Waals surface area contributed by atoms with Crippen LogP contribution in [0.1, 0.15) is 0 Å². The molecule has 52 heavy (non-hydrogen) atoms. The minimum Gasteiger partial charge on any atom is -0.309 e. The van der Waals surface area contributed by atoms with Crippen LogP contribution in [0.25, 0.3) is 93.0 Å². The maximum absolute atomic E-state index is 5.10. The van der Waals surface area contributed by atoms with Gasteiger partial charge in [-0.15, -0.1) is 11.3 Å². The standard InChI is InChI=1S/C48H31N3S/c1-4-12-32(13-5-1)33-20-22-34(23-21-33)41-31-42(50-48(49-41)37-16-8-3-9-17-37)35-24-27-39(28-25-35)51-43-19-11-10-18-40(43)46-44(51)29-26-38-30-45(52-47(38)46)36-14-6-2-7-15-36/h1-31H. The highest BCUT2D eigenvalue weighted by molar-refractivity contribution is 7.23. The molecular weight excluding hydrogens is 651 g/mol. The van der Waals surface area contributed by atoms with E-state index in [-0.39, 0.29) is 0 Å². The van der Waals surface area contributed by atoms with Gasteiger partial charge in [-0.2, -0.15) is 0 Å². The van der Waals surface area contributed by atoms with E-state index in [2.05, 4.69) is 168 Å². The molecule has 10 rings (SSSR count). The molecule has 3 nitrogen and oxygen atoms in total. The first-order chi connectivity index (χ1) is 25.8. The topological polar surface area (TPSA) is 30.7 Å². The Kier molecular flexibility index (Phi) is 7.33. The summed E-state index contributed by atoms with van der Waals surface area (Å²) in [6.07, 6.45) is 0. The van der Waals surface area contributed by atoms with E-state index in [9.17, 15) is 0 Å². The molecule has 0 unspecified atom stereocenters. The van der Waals surface area contributed by atoms with Crippen molar-refractivity contribution in [1.82, 2.24) is 14.5 Å². The lowest BCUT2D eigenvalue weighted by molar-refractivity contribution is 1.17. The molecule has 0 amide bonds. The van der Waals surface area contributed by atoms with E-state index in [4.69, 9.17) is 9.97 Å². The highest BCUT2D eigenvalue weighted by atomic mass is 32.1. The lowest BCUT2D eigenvalue weighted by atomic mass is 10.0. The van der Waals surface area contributed by atoms with E-state index in [0.717, 1.165) is 33.8 Å². The van der Waals surface area contributed by atoms with Crippen molar-refractivity contribution in [2.45, 2.75) is 0 Å². The number of hydrogen-bond acceptors (Lipinski definition) is 3. The molecule has 244 valence electrons. The van der Waals surface area contributed by atoms with Crippen LogP contribution in [-0.2, 0) is 0 Å². The van der Waals surface area contributed by atoms with E-state index in [1.54, 1.807) is 0 Å². The van der Waals surface area contributed by atoms with Gasteiger partial charge in [0.1, 0.15) is 0 Å². The Morgan fingerprint density at radius 3 is 1.62 bits per heavy atom. The van der Waals surface area contributed by atoms with Gasteiger partial charge in [-0.3, -0.25) is 0 Å². The van der Waals surface area contributed by atoms with E-state index in [1.807, 2.05) is 35.6 Å². The van der Waals surface area contributed by atoms with Gasteiger partial charge >= 0.3 is 0 Å². The molecule has 0 saturated carbocycles. The number of nitrogens with zero attached hydrogens (tertiary/aromatic N) is 3. The molecule has 10 aromatic rings. The second-order valence-electron chi connectivity index (χ2n) is 13.0. The van der Waals surface area contributed by atoms with Gasteiger partial charge in [0.2, 0.25) is 0 Å². The molecule has 0 aliphatic heterocycles. The summed E-state index contributed by atoms with van der Waals surface area (Å²) in [5.74, 6) is 0.710. The van der Waals surface area contributed by atoms with Crippen molar-refractivity contribution >= 4 is 43.2 Å². The number of benzene rings is 7. The highest BCUT2D eigenvalue weighted by Gasteiger charge is 2.17. The quantitative estimate of drug-likeness (QED) is 0.175. The van der Waals surface area contributed by atoms with Crippen LogP contribution in [0, 0.1) is 0 Å². The fraction of sp³-hybridized carbons (Fsp3) is 0. The molecule has 4 heteroatoms. The summed E-state index contributed by atoms with van der Waals surface area (Å²) >= 11 is 1.87. The zero-order chi connectivity index (χ0) is 34.4. The first-order valence-corrected chi connectivity index (χ1v) is 18.3. The number of rotatable bonds is 6. The van der Waals surface area contributed by atoms with Crippen molar-refractivity contribution in [3.05, 3.63) is 188 Å². The van der Waals surface area contributed by atoms with Crippen LogP contribution in [-0.4, -0.2) is 14.5 Å². The fourth-order valence-electron chi connectivity index (χ4n) is 7.28. The van der Waals surface area contributed by atoms with Crippen LogP contribution >= 0.6 is 11.3 Å². The summed E-state index contributed by atoms with van der Waals surface area (Å²) in [7, 11) is 0. The predicted molar refractivity (Wildman–Crippen MR) is 219 cm³/mol. The van der Waals surface area contributed by atoms with Crippen LogP contribution in [0.3, 0.4) is 0 Å². The van der Waals surface area contributed by atoms with Gasteiger partial charge in [-0.1, -0.05) is 152 Å². The summed E-state index contributed by atoms with van der Waals surface area (Å²) in [5.41, 5.74) is 12.0. The van der Waals surface area contributed by atoms with Gasteiger partial charge in [0, 0.05) is 42.7 Å². The summed E-state index contributed by atoms with van der Waals surface area (Å²) in [4.78, 5) is 11.4. The monoisotopic (exact) mass is 681 g/mol. The second kappa shape index (κ2) is 12.6. The Balaban J connectivity index is 1.07. The third-order valence-corrected chi connectivity index (χ3v) is 11.1. The van der Waals surface area contributed by atoms with Crippen LogP contribution in [0.15, 0.2) is 188 Å². The summed E-state index contributed by atoms with van der Waals surface area (Å²) in [5, 5.41) is 3.84. The number of thiophene rings is 1. The van der Waals surface area contributed by atoms with Gasteiger partial charge in [-0.05, 0) is 58.5 Å². The molecule has 0 aliphatic rings. The van der Waals surface area contributed by atoms with E-state index in [1.165, 1.54) is 53.5 Å². The van der Waals surface area contributed by atoms with Gasteiger partial charge in [0.25, 0.3) is 0 Å². The Morgan fingerprint density at radius 2 is 0.942 bits per heavy atom. The maximum atomic E-state index is 5.10. The van der Waals surface area contributed by atoms with Crippen molar-refractivity contribution in [3.8, 4) is 61.2 Å². The third-order valence-electron chi connectivity index (χ3n) is 9.85. The van der Waals surface area contributed by atoms with Gasteiger partial charge in [0.05, 0.1) is 22.4 Å². The average Bonchev–Trinajstić information content (AvgIpc) is 3.82. The lowest BCUT2D eigenvalue weighted by Crippen LogP contribution is -1.97. The summed E-state index contributed by atoms with van der Waals surface area (Å²) in [6.45, 7) is 0. The maximum Gasteiger partial charge on any atom is 0.160 e. The summed E-state index contributed by atoms with van der Waals surface area (Å²) < 4.78 is 3.71. The number of aromatic nitrogens is 3. The number of para-hydroxylation sites is 1. The first kappa shape index (κ1) is 30.2. The zero-order valence-electron chi connectivity index (χ0n) is 28.1. The van der Waals surface area contributed by atoms with E-state index in [0.29, 0.717) is 5.82 Å². The molecule has 0 bridgehead atoms. The Morgan fingerprint density at radius 1 is 0.404 bits per heavy atom. The van der Waals surface area contributed by atoms with Crippen molar-refractivity contribution in [2.75, 3.05) is 0 Å². The Labute approximate surface area is 305 Å². The molecule has 0 fully saturated rings. The third kappa shape index (κ3) is 5.29. The van der Waals surface area contributed by atoms with Gasteiger partial charge < -0.3 is 4.57 Å². The Hall–Kier alpha value is -6.62. The molecule has 0 spiro atoms. The number of fused-ring (bicyclic) bond motifs is 5. The van der Waals surface area contributed by atoms with Crippen molar-refractivity contribution in [1.29, 1.82) is 0 Å². The molecule has 0 radical (unpaired) electrons. The highest BCUT2D eigenvalue weighted by Crippen LogP contribution is 2.43. The van der Waals surface area contributed by atoms with Crippen LogP contribution in [0.4, 0.5) is 0 Å². The van der Waals surface area contributed by atoms with Crippen LogP contribution in [0.2, 0.25) is 0 Å². The lowest BCUT2D eigenvalue weighted by Gasteiger charge is -2.12. The van der Waals surface area contributed by atoms with E-state index >= 15 is 0 Å². The largest absolute Gasteiger partial charge is 0.309 e. The summed E-state index contributed by atoms with van der Waals surface area (Å²) in [6, 6.07) is 66.6. The van der Waals surface area contributed by atoms with Gasteiger partial charge in [-0.25, -0.2) is 9.97 Å². The van der Waals surface area contributed by atoms with Crippen molar-refractivity contribution < 1.29 is 0 Å².